The van der Waals surface area contributed by atoms with Gasteiger partial charge in [-0.2, -0.15) is 5.10 Å². The maximum atomic E-state index is 12.6. The first kappa shape index (κ1) is 21.3. The molecular weight excluding hydrogens is 476 g/mol. The van der Waals surface area contributed by atoms with Crippen molar-refractivity contribution in [2.45, 2.75) is 19.9 Å². The van der Waals surface area contributed by atoms with Gasteiger partial charge in [-0.05, 0) is 36.8 Å². The Labute approximate surface area is 193 Å². The summed E-state index contributed by atoms with van der Waals surface area (Å²) in [5.41, 5.74) is 2.76. The zero-order valence-electron chi connectivity index (χ0n) is 16.9. The molecule has 31 heavy (non-hydrogen) atoms. The number of ether oxygens (including phenoxy) is 1. The van der Waals surface area contributed by atoms with E-state index in [2.05, 4.69) is 31.3 Å². The standard InChI is InChI=1S/C23H21BrN4O2S/c1-2-30-20-6-4-3-5-19(20)23-26-18(15-31-23)13-22(29)27-21-11-12-25-28(21)14-16-7-9-17(24)10-8-16/h3-12,15H,2,13-14H2,1H3,(H,27,29). The molecule has 4 aromatic rings. The van der Waals surface area contributed by atoms with Gasteiger partial charge in [0, 0.05) is 15.9 Å². The van der Waals surface area contributed by atoms with E-state index in [1.54, 1.807) is 16.9 Å². The Morgan fingerprint density at radius 1 is 1.16 bits per heavy atom. The Balaban J connectivity index is 1.42. The Morgan fingerprint density at radius 3 is 2.77 bits per heavy atom. The fraction of sp³-hybridized carbons (Fsp3) is 0.174. The number of aromatic nitrogens is 3. The smallest absolute Gasteiger partial charge is 0.231 e. The molecular formula is C23H21BrN4O2S. The van der Waals surface area contributed by atoms with Crippen molar-refractivity contribution < 1.29 is 9.53 Å². The summed E-state index contributed by atoms with van der Waals surface area (Å²) in [4.78, 5) is 17.3. The van der Waals surface area contributed by atoms with Crippen LogP contribution in [0.15, 0.2) is 70.6 Å². The molecule has 0 spiro atoms. The molecule has 0 radical (unpaired) electrons. The van der Waals surface area contributed by atoms with Crippen molar-refractivity contribution in [1.29, 1.82) is 0 Å². The third-order valence-corrected chi connectivity index (χ3v) is 5.99. The summed E-state index contributed by atoms with van der Waals surface area (Å²) in [5, 5.41) is 10.0. The number of para-hydroxylation sites is 1. The molecule has 0 saturated carbocycles. The molecule has 158 valence electrons. The molecule has 1 amide bonds. The van der Waals surface area contributed by atoms with Crippen LogP contribution in [0.2, 0.25) is 0 Å². The molecule has 0 aliphatic heterocycles. The zero-order chi connectivity index (χ0) is 21.6. The van der Waals surface area contributed by atoms with Crippen LogP contribution in [-0.2, 0) is 17.8 Å². The number of nitrogens with one attached hydrogen (secondary N) is 1. The summed E-state index contributed by atoms with van der Waals surface area (Å²) in [6.07, 6.45) is 1.87. The quantitative estimate of drug-likeness (QED) is 0.354. The van der Waals surface area contributed by atoms with Crippen LogP contribution in [-0.4, -0.2) is 27.3 Å². The lowest BCUT2D eigenvalue weighted by atomic mass is 10.2. The molecule has 8 heteroatoms. The first-order valence-corrected chi connectivity index (χ1v) is 11.5. The molecule has 1 N–H and O–H groups in total. The van der Waals surface area contributed by atoms with Crippen LogP contribution in [0.3, 0.4) is 0 Å². The lowest BCUT2D eigenvalue weighted by molar-refractivity contribution is -0.115. The Hall–Kier alpha value is -2.97. The Bertz CT molecular complexity index is 1170. The highest BCUT2D eigenvalue weighted by atomic mass is 79.9. The van der Waals surface area contributed by atoms with E-state index in [9.17, 15) is 4.79 Å². The molecule has 0 aliphatic rings. The van der Waals surface area contributed by atoms with Gasteiger partial charge in [0.15, 0.2) is 0 Å². The van der Waals surface area contributed by atoms with Crippen LogP contribution in [0.25, 0.3) is 10.6 Å². The van der Waals surface area contributed by atoms with Gasteiger partial charge in [0.1, 0.15) is 16.6 Å². The van der Waals surface area contributed by atoms with Crippen molar-refractivity contribution in [1.82, 2.24) is 14.8 Å². The normalized spacial score (nSPS) is 10.8. The van der Waals surface area contributed by atoms with E-state index in [4.69, 9.17) is 4.74 Å². The summed E-state index contributed by atoms with van der Waals surface area (Å²) >= 11 is 4.94. The van der Waals surface area contributed by atoms with Gasteiger partial charge < -0.3 is 10.1 Å². The number of anilines is 1. The molecule has 2 aromatic carbocycles. The van der Waals surface area contributed by atoms with E-state index in [0.29, 0.717) is 19.0 Å². The lowest BCUT2D eigenvalue weighted by Gasteiger charge is -2.09. The van der Waals surface area contributed by atoms with Gasteiger partial charge in [0.05, 0.1) is 37.0 Å². The number of benzene rings is 2. The lowest BCUT2D eigenvalue weighted by Crippen LogP contribution is -2.18. The van der Waals surface area contributed by atoms with Gasteiger partial charge in [0.2, 0.25) is 5.91 Å². The van der Waals surface area contributed by atoms with E-state index in [1.165, 1.54) is 11.3 Å². The number of carbonyl (C=O) groups is 1. The Kier molecular flexibility index (Phi) is 6.79. The fourth-order valence-corrected chi connectivity index (χ4v) is 4.23. The molecule has 0 fully saturated rings. The van der Waals surface area contributed by atoms with Crippen LogP contribution in [0, 0.1) is 0 Å². The Morgan fingerprint density at radius 2 is 1.97 bits per heavy atom. The minimum Gasteiger partial charge on any atom is -0.493 e. The van der Waals surface area contributed by atoms with Crippen molar-refractivity contribution in [3.05, 3.63) is 81.9 Å². The number of nitrogens with zero attached hydrogens (tertiary/aromatic N) is 3. The monoisotopic (exact) mass is 496 g/mol. The number of hydrogen-bond donors (Lipinski definition) is 1. The molecule has 0 saturated heterocycles. The van der Waals surface area contributed by atoms with Gasteiger partial charge in [-0.25, -0.2) is 9.67 Å². The molecule has 2 heterocycles. The average molecular weight is 497 g/mol. The minimum atomic E-state index is -0.132. The van der Waals surface area contributed by atoms with Crippen LogP contribution in [0.5, 0.6) is 5.75 Å². The highest BCUT2D eigenvalue weighted by Gasteiger charge is 2.14. The van der Waals surface area contributed by atoms with Gasteiger partial charge in [-0.1, -0.05) is 40.2 Å². The summed E-state index contributed by atoms with van der Waals surface area (Å²) in [6, 6.07) is 17.6. The van der Waals surface area contributed by atoms with Crippen molar-refractivity contribution in [2.24, 2.45) is 0 Å². The van der Waals surface area contributed by atoms with Crippen molar-refractivity contribution in [2.75, 3.05) is 11.9 Å². The summed E-state index contributed by atoms with van der Waals surface area (Å²) in [6.45, 7) is 3.12. The predicted molar refractivity (Wildman–Crippen MR) is 127 cm³/mol. The summed E-state index contributed by atoms with van der Waals surface area (Å²) in [7, 11) is 0. The average Bonchev–Trinajstić information content (AvgIpc) is 3.40. The molecule has 6 nitrogen and oxygen atoms in total. The highest BCUT2D eigenvalue weighted by Crippen LogP contribution is 2.32. The minimum absolute atomic E-state index is 0.132. The van der Waals surface area contributed by atoms with Crippen molar-refractivity contribution >= 4 is 39.0 Å². The number of rotatable bonds is 8. The second-order valence-electron chi connectivity index (χ2n) is 6.80. The van der Waals surface area contributed by atoms with E-state index < -0.39 is 0 Å². The molecule has 0 unspecified atom stereocenters. The number of hydrogen-bond acceptors (Lipinski definition) is 5. The largest absolute Gasteiger partial charge is 0.493 e. The van der Waals surface area contributed by atoms with E-state index in [-0.39, 0.29) is 12.3 Å². The van der Waals surface area contributed by atoms with Crippen molar-refractivity contribution in [3.8, 4) is 16.3 Å². The number of halogens is 1. The van der Waals surface area contributed by atoms with Gasteiger partial charge >= 0.3 is 0 Å². The van der Waals surface area contributed by atoms with Gasteiger partial charge in [-0.15, -0.1) is 11.3 Å². The molecule has 4 rings (SSSR count). The maximum Gasteiger partial charge on any atom is 0.231 e. The van der Waals surface area contributed by atoms with Gasteiger partial charge in [-0.3, -0.25) is 4.79 Å². The van der Waals surface area contributed by atoms with Gasteiger partial charge in [0.25, 0.3) is 0 Å². The number of thiazole rings is 1. The zero-order valence-corrected chi connectivity index (χ0v) is 19.3. The molecule has 0 atom stereocenters. The SMILES string of the molecule is CCOc1ccccc1-c1nc(CC(=O)Nc2ccnn2Cc2ccc(Br)cc2)cs1. The van der Waals surface area contributed by atoms with Crippen LogP contribution in [0.4, 0.5) is 5.82 Å². The number of carbonyl (C=O) groups excluding carboxylic acids is 1. The summed E-state index contributed by atoms with van der Waals surface area (Å²) in [5.74, 6) is 1.32. The highest BCUT2D eigenvalue weighted by molar-refractivity contribution is 9.10. The molecule has 0 bridgehead atoms. The second kappa shape index (κ2) is 9.89. The fourth-order valence-electron chi connectivity index (χ4n) is 3.12. The number of amides is 1. The van der Waals surface area contributed by atoms with E-state index in [0.717, 1.165) is 32.1 Å². The third-order valence-electron chi connectivity index (χ3n) is 4.54. The topological polar surface area (TPSA) is 69.0 Å². The third kappa shape index (κ3) is 5.39. The van der Waals surface area contributed by atoms with Crippen LogP contribution >= 0.6 is 27.3 Å². The van der Waals surface area contributed by atoms with Crippen LogP contribution < -0.4 is 10.1 Å². The maximum absolute atomic E-state index is 12.6. The summed E-state index contributed by atoms with van der Waals surface area (Å²) < 4.78 is 8.49. The second-order valence-corrected chi connectivity index (χ2v) is 8.57. The molecule has 0 aliphatic carbocycles. The first-order chi connectivity index (χ1) is 15.1. The molecule has 2 aromatic heterocycles. The first-order valence-electron chi connectivity index (χ1n) is 9.85. The van der Waals surface area contributed by atoms with E-state index in [1.807, 2.05) is 60.8 Å². The van der Waals surface area contributed by atoms with Crippen molar-refractivity contribution in [3.63, 3.8) is 0 Å². The van der Waals surface area contributed by atoms with Crippen LogP contribution in [0.1, 0.15) is 18.2 Å². The van der Waals surface area contributed by atoms with E-state index >= 15 is 0 Å². The predicted octanol–water partition coefficient (Wildman–Crippen LogP) is 5.40.